The van der Waals surface area contributed by atoms with E-state index in [9.17, 15) is 13.2 Å². The van der Waals surface area contributed by atoms with E-state index in [1.807, 2.05) is 0 Å². The zero-order valence-electron chi connectivity index (χ0n) is 11.6. The van der Waals surface area contributed by atoms with E-state index in [1.165, 1.54) is 25.3 Å². The Morgan fingerprint density at radius 1 is 1.10 bits per heavy atom. The van der Waals surface area contributed by atoms with Crippen molar-refractivity contribution in [1.29, 1.82) is 0 Å². The Balaban J connectivity index is 2.02. The number of nitrogens with one attached hydrogen (secondary N) is 1. The van der Waals surface area contributed by atoms with E-state index in [0.29, 0.717) is 11.0 Å². The number of benzene rings is 1. The third-order valence-corrected chi connectivity index (χ3v) is 3.38. The molecular weight excluding hydrogens is 265 g/mol. The van der Waals surface area contributed by atoms with Crippen molar-refractivity contribution in [2.75, 3.05) is 0 Å². The molecule has 1 aromatic carbocycles. The largest absolute Gasteiger partial charge is 0.416 e. The molecule has 0 bridgehead atoms. The van der Waals surface area contributed by atoms with Gasteiger partial charge in [-0.25, -0.2) is 4.98 Å². The lowest BCUT2D eigenvalue weighted by atomic mass is 10.1. The Hall–Kier alpha value is -1.52. The van der Waals surface area contributed by atoms with Crippen molar-refractivity contribution in [3.05, 3.63) is 29.6 Å². The molecule has 0 aliphatic heterocycles. The second-order valence-electron chi connectivity index (χ2n) is 5.08. The topological polar surface area (TPSA) is 28.7 Å². The van der Waals surface area contributed by atoms with Crippen molar-refractivity contribution in [2.24, 2.45) is 0 Å². The van der Waals surface area contributed by atoms with Crippen LogP contribution in [-0.2, 0) is 12.6 Å². The molecule has 20 heavy (non-hydrogen) atoms. The van der Waals surface area contributed by atoms with E-state index < -0.39 is 11.7 Å². The quantitative estimate of drug-likeness (QED) is 0.735. The number of rotatable bonds is 6. The molecule has 2 nitrogen and oxygen atoms in total. The molecule has 5 heteroatoms. The van der Waals surface area contributed by atoms with Gasteiger partial charge < -0.3 is 4.98 Å². The number of hydrogen-bond acceptors (Lipinski definition) is 1. The average molecular weight is 284 g/mol. The predicted molar refractivity (Wildman–Crippen MR) is 73.6 cm³/mol. The number of aromatic amines is 1. The van der Waals surface area contributed by atoms with E-state index in [-0.39, 0.29) is 0 Å². The van der Waals surface area contributed by atoms with Gasteiger partial charge in [-0.2, -0.15) is 13.2 Å². The number of unbranched alkanes of at least 4 members (excludes halogenated alkanes) is 4. The molecule has 110 valence electrons. The Morgan fingerprint density at radius 3 is 2.55 bits per heavy atom. The van der Waals surface area contributed by atoms with E-state index in [4.69, 9.17) is 0 Å². The fourth-order valence-electron chi connectivity index (χ4n) is 2.25. The lowest BCUT2D eigenvalue weighted by Gasteiger charge is -2.05. The fraction of sp³-hybridized carbons (Fsp3) is 0.533. The number of hydrogen-bond donors (Lipinski definition) is 1. The Kier molecular flexibility index (Phi) is 4.68. The summed E-state index contributed by atoms with van der Waals surface area (Å²) in [6, 6.07) is 3.63. The van der Waals surface area contributed by atoms with Gasteiger partial charge >= 0.3 is 6.18 Å². The molecule has 0 unspecified atom stereocenters. The Labute approximate surface area is 116 Å². The van der Waals surface area contributed by atoms with Gasteiger partial charge in [0.2, 0.25) is 0 Å². The minimum atomic E-state index is -4.31. The smallest absolute Gasteiger partial charge is 0.342 e. The number of imidazole rings is 1. The highest BCUT2D eigenvalue weighted by molar-refractivity contribution is 5.76. The number of H-pyrrole nitrogens is 1. The van der Waals surface area contributed by atoms with Crippen LogP contribution in [0.5, 0.6) is 0 Å². The molecule has 2 aromatic rings. The van der Waals surface area contributed by atoms with Crippen molar-refractivity contribution < 1.29 is 13.2 Å². The SMILES string of the molecule is CCCCCCCc1nc2ccc(C(F)(F)F)cc2[nH]1. The first-order valence-electron chi connectivity index (χ1n) is 7.06. The summed E-state index contributed by atoms with van der Waals surface area (Å²) in [4.78, 5) is 7.32. The van der Waals surface area contributed by atoms with Crippen LogP contribution in [0.3, 0.4) is 0 Å². The highest BCUT2D eigenvalue weighted by Gasteiger charge is 2.30. The van der Waals surface area contributed by atoms with Crippen LogP contribution in [0.25, 0.3) is 11.0 Å². The summed E-state index contributed by atoms with van der Waals surface area (Å²) in [5, 5.41) is 0. The number of fused-ring (bicyclic) bond motifs is 1. The second kappa shape index (κ2) is 6.29. The lowest BCUT2D eigenvalue weighted by molar-refractivity contribution is -0.137. The second-order valence-corrected chi connectivity index (χ2v) is 5.08. The third-order valence-electron chi connectivity index (χ3n) is 3.38. The molecule has 0 atom stereocenters. The number of alkyl halides is 3. The molecule has 1 aromatic heterocycles. The van der Waals surface area contributed by atoms with Gasteiger partial charge in [-0.15, -0.1) is 0 Å². The Morgan fingerprint density at radius 2 is 1.85 bits per heavy atom. The van der Waals surface area contributed by atoms with Gasteiger partial charge in [0.05, 0.1) is 16.6 Å². The summed E-state index contributed by atoms with van der Waals surface area (Å²) < 4.78 is 37.8. The summed E-state index contributed by atoms with van der Waals surface area (Å²) in [6.45, 7) is 2.16. The predicted octanol–water partition coefficient (Wildman–Crippen LogP) is 5.09. The lowest BCUT2D eigenvalue weighted by Crippen LogP contribution is -2.04. The fourth-order valence-corrected chi connectivity index (χ4v) is 2.25. The number of nitrogens with zero attached hydrogens (tertiary/aromatic N) is 1. The molecule has 0 aliphatic carbocycles. The van der Waals surface area contributed by atoms with Gasteiger partial charge in [-0.05, 0) is 24.6 Å². The molecule has 1 N–H and O–H groups in total. The van der Waals surface area contributed by atoms with Crippen LogP contribution in [0.15, 0.2) is 18.2 Å². The summed E-state index contributed by atoms with van der Waals surface area (Å²) in [5.74, 6) is 0.774. The van der Waals surface area contributed by atoms with Crippen molar-refractivity contribution >= 4 is 11.0 Å². The van der Waals surface area contributed by atoms with Crippen LogP contribution in [0.1, 0.15) is 50.4 Å². The van der Waals surface area contributed by atoms with Gasteiger partial charge in [-0.3, -0.25) is 0 Å². The maximum absolute atomic E-state index is 12.6. The van der Waals surface area contributed by atoms with Crippen molar-refractivity contribution in [3.8, 4) is 0 Å². The molecule has 0 spiro atoms. The molecule has 2 rings (SSSR count). The van der Waals surface area contributed by atoms with Gasteiger partial charge in [0.25, 0.3) is 0 Å². The highest BCUT2D eigenvalue weighted by Crippen LogP contribution is 2.30. The zero-order chi connectivity index (χ0) is 14.6. The summed E-state index contributed by atoms with van der Waals surface area (Å²) >= 11 is 0. The minimum absolute atomic E-state index is 0.461. The van der Waals surface area contributed by atoms with Gasteiger partial charge in [0.1, 0.15) is 5.82 Å². The highest BCUT2D eigenvalue weighted by atomic mass is 19.4. The monoisotopic (exact) mass is 284 g/mol. The molecule has 1 heterocycles. The van der Waals surface area contributed by atoms with Gasteiger partial charge in [0.15, 0.2) is 0 Å². The maximum Gasteiger partial charge on any atom is 0.416 e. The van der Waals surface area contributed by atoms with Crippen LogP contribution < -0.4 is 0 Å². The first kappa shape index (κ1) is 14.9. The van der Waals surface area contributed by atoms with Crippen molar-refractivity contribution in [3.63, 3.8) is 0 Å². The number of aryl methyl sites for hydroxylation is 1. The molecule has 0 fully saturated rings. The van der Waals surface area contributed by atoms with Crippen LogP contribution in [0.4, 0.5) is 13.2 Å². The van der Waals surface area contributed by atoms with E-state index >= 15 is 0 Å². The van der Waals surface area contributed by atoms with Crippen LogP contribution in [0, 0.1) is 0 Å². The van der Waals surface area contributed by atoms with Crippen LogP contribution >= 0.6 is 0 Å². The average Bonchev–Trinajstić information content (AvgIpc) is 2.79. The minimum Gasteiger partial charge on any atom is -0.342 e. The van der Waals surface area contributed by atoms with Gasteiger partial charge in [0, 0.05) is 6.42 Å². The number of aromatic nitrogens is 2. The normalized spacial score (nSPS) is 12.2. The number of halogens is 3. The first-order valence-corrected chi connectivity index (χ1v) is 7.06. The van der Waals surface area contributed by atoms with Crippen molar-refractivity contribution in [1.82, 2.24) is 9.97 Å². The molecule has 0 radical (unpaired) electrons. The molecular formula is C15H19F3N2. The summed E-state index contributed by atoms with van der Waals surface area (Å²) in [5.41, 5.74) is 0.424. The van der Waals surface area contributed by atoms with E-state index in [2.05, 4.69) is 16.9 Å². The van der Waals surface area contributed by atoms with Crippen molar-refractivity contribution in [2.45, 2.75) is 51.6 Å². The molecule has 0 saturated heterocycles. The van der Waals surface area contributed by atoms with Gasteiger partial charge in [-0.1, -0.05) is 32.6 Å². The maximum atomic E-state index is 12.6. The molecule has 0 amide bonds. The standard InChI is InChI=1S/C15H19F3N2/c1-2-3-4-5-6-7-14-19-12-9-8-11(15(16,17)18)10-13(12)20-14/h8-10H,2-7H2,1H3,(H,19,20). The van der Waals surface area contributed by atoms with Crippen LogP contribution in [-0.4, -0.2) is 9.97 Å². The molecule has 0 saturated carbocycles. The zero-order valence-corrected chi connectivity index (χ0v) is 11.6. The van der Waals surface area contributed by atoms with E-state index in [1.54, 1.807) is 0 Å². The summed E-state index contributed by atoms with van der Waals surface area (Å²) in [7, 11) is 0. The van der Waals surface area contributed by atoms with Crippen LogP contribution in [0.2, 0.25) is 0 Å². The summed E-state index contributed by atoms with van der Waals surface area (Å²) in [6.07, 6.45) is 2.28. The van der Waals surface area contributed by atoms with E-state index in [0.717, 1.165) is 37.2 Å². The first-order chi connectivity index (χ1) is 9.50. The third kappa shape index (κ3) is 3.74. The molecule has 0 aliphatic rings. The Bertz CT molecular complexity index is 558.